The minimum atomic E-state index is -0.522. The fourth-order valence-corrected chi connectivity index (χ4v) is 3.59. The van der Waals surface area contributed by atoms with Crippen LogP contribution in [0.2, 0.25) is 0 Å². The first-order valence-electron chi connectivity index (χ1n) is 10.9. The van der Waals surface area contributed by atoms with Crippen LogP contribution in [0.25, 0.3) is 11.4 Å². The number of ether oxygens (including phenoxy) is 2. The summed E-state index contributed by atoms with van der Waals surface area (Å²) in [5, 5.41) is 9.91. The summed E-state index contributed by atoms with van der Waals surface area (Å²) in [5.74, 6) is 1.81. The van der Waals surface area contributed by atoms with Crippen molar-refractivity contribution in [3.63, 3.8) is 0 Å². The van der Waals surface area contributed by atoms with E-state index in [0.717, 1.165) is 5.56 Å². The van der Waals surface area contributed by atoms with Crippen molar-refractivity contribution in [2.45, 2.75) is 26.4 Å². The third-order valence-corrected chi connectivity index (χ3v) is 5.22. The molecule has 0 unspecified atom stereocenters. The number of hydrogen-bond acceptors (Lipinski definition) is 9. The minimum absolute atomic E-state index is 0.156. The lowest BCUT2D eigenvalue weighted by atomic mass is 10.2. The van der Waals surface area contributed by atoms with Gasteiger partial charge in [-0.25, -0.2) is 4.79 Å². The Morgan fingerprint density at radius 1 is 0.969 bits per heavy atom. The van der Waals surface area contributed by atoms with E-state index in [9.17, 15) is 9.90 Å². The number of phenols is 1. The largest absolute Gasteiger partial charge is 0.508 e. The van der Waals surface area contributed by atoms with Gasteiger partial charge in [-0.2, -0.15) is 15.0 Å². The maximum Gasteiger partial charge on any atom is 0.410 e. The van der Waals surface area contributed by atoms with Crippen molar-refractivity contribution >= 4 is 18.0 Å². The molecular weight excluding hydrogens is 412 g/mol. The molecule has 4 rings (SSSR count). The second-order valence-corrected chi connectivity index (χ2v) is 8.86. The van der Waals surface area contributed by atoms with Gasteiger partial charge in [-0.05, 0) is 32.9 Å². The zero-order chi connectivity index (χ0) is 22.7. The Morgan fingerprint density at radius 3 is 2.19 bits per heavy atom. The number of aromatic hydroxyl groups is 1. The SMILES string of the molecule is CC(C)(C)OC(=O)N1CCN(c2nc(-c3cccc(O)c3)nc(N3CCOCC3)n2)CC1. The van der Waals surface area contributed by atoms with Crippen LogP contribution in [-0.4, -0.2) is 89.1 Å². The van der Waals surface area contributed by atoms with Gasteiger partial charge in [-0.3, -0.25) is 0 Å². The summed E-state index contributed by atoms with van der Waals surface area (Å²) >= 11 is 0. The predicted molar refractivity (Wildman–Crippen MR) is 120 cm³/mol. The van der Waals surface area contributed by atoms with Gasteiger partial charge in [-0.15, -0.1) is 0 Å². The van der Waals surface area contributed by atoms with Crippen molar-refractivity contribution < 1.29 is 19.4 Å². The quantitative estimate of drug-likeness (QED) is 0.765. The van der Waals surface area contributed by atoms with Gasteiger partial charge in [0.2, 0.25) is 11.9 Å². The fraction of sp³-hybridized carbons (Fsp3) is 0.545. The number of benzene rings is 1. The third-order valence-electron chi connectivity index (χ3n) is 5.22. The molecule has 0 atom stereocenters. The maximum atomic E-state index is 12.4. The number of amides is 1. The van der Waals surface area contributed by atoms with Crippen LogP contribution in [0.1, 0.15) is 20.8 Å². The number of hydrogen-bond donors (Lipinski definition) is 1. The Morgan fingerprint density at radius 2 is 1.59 bits per heavy atom. The van der Waals surface area contributed by atoms with Crippen molar-refractivity contribution in [1.82, 2.24) is 19.9 Å². The van der Waals surface area contributed by atoms with Crippen molar-refractivity contribution in [3.8, 4) is 17.1 Å². The van der Waals surface area contributed by atoms with Gasteiger partial charge in [0.05, 0.1) is 13.2 Å². The van der Waals surface area contributed by atoms with Gasteiger partial charge in [0.25, 0.3) is 0 Å². The van der Waals surface area contributed by atoms with E-state index in [4.69, 9.17) is 19.4 Å². The topological polar surface area (TPSA) is 104 Å². The summed E-state index contributed by atoms with van der Waals surface area (Å²) in [5.41, 5.74) is 0.196. The van der Waals surface area contributed by atoms with Crippen LogP contribution in [0, 0.1) is 0 Å². The van der Waals surface area contributed by atoms with E-state index in [0.29, 0.717) is 70.2 Å². The summed E-state index contributed by atoms with van der Waals surface area (Å²) in [4.78, 5) is 32.3. The van der Waals surface area contributed by atoms with Crippen molar-refractivity contribution in [3.05, 3.63) is 24.3 Å². The van der Waals surface area contributed by atoms with Gasteiger partial charge < -0.3 is 29.3 Å². The van der Waals surface area contributed by atoms with Crippen LogP contribution in [0.15, 0.2) is 24.3 Å². The fourth-order valence-electron chi connectivity index (χ4n) is 3.59. The summed E-state index contributed by atoms with van der Waals surface area (Å²) in [6, 6.07) is 6.89. The smallest absolute Gasteiger partial charge is 0.410 e. The van der Waals surface area contributed by atoms with Crippen LogP contribution in [0.5, 0.6) is 5.75 Å². The van der Waals surface area contributed by atoms with E-state index in [1.807, 2.05) is 26.8 Å². The molecule has 2 aliphatic rings. The molecule has 1 amide bonds. The number of aromatic nitrogens is 3. The number of morpholine rings is 1. The summed E-state index contributed by atoms with van der Waals surface area (Å²) in [7, 11) is 0. The second kappa shape index (κ2) is 9.15. The molecule has 10 nitrogen and oxygen atoms in total. The molecule has 10 heteroatoms. The standard InChI is InChI=1S/C22H30N6O4/c1-22(2,3)32-21(30)28-9-7-26(8-10-28)19-23-18(16-5-4-6-17(29)15-16)24-20(25-19)27-11-13-31-14-12-27/h4-6,15,29H,7-14H2,1-3H3. The molecule has 0 bridgehead atoms. The van der Waals surface area contributed by atoms with E-state index in [1.54, 1.807) is 23.1 Å². The van der Waals surface area contributed by atoms with Gasteiger partial charge in [0.15, 0.2) is 5.82 Å². The number of piperazine rings is 1. The Hall–Kier alpha value is -3.14. The summed E-state index contributed by atoms with van der Waals surface area (Å²) < 4.78 is 11.0. The van der Waals surface area contributed by atoms with Crippen LogP contribution < -0.4 is 9.80 Å². The average Bonchev–Trinajstić information content (AvgIpc) is 2.78. The molecule has 2 aromatic rings. The molecular formula is C22H30N6O4. The molecule has 1 aromatic heterocycles. The highest BCUT2D eigenvalue weighted by atomic mass is 16.6. The molecule has 0 saturated carbocycles. The Bertz CT molecular complexity index is 950. The van der Waals surface area contributed by atoms with Crippen molar-refractivity contribution in [2.75, 3.05) is 62.3 Å². The Kier molecular flexibility index (Phi) is 6.31. The average molecular weight is 443 g/mol. The van der Waals surface area contributed by atoms with Crippen LogP contribution in [0.3, 0.4) is 0 Å². The van der Waals surface area contributed by atoms with Gasteiger partial charge in [0.1, 0.15) is 11.4 Å². The highest BCUT2D eigenvalue weighted by Crippen LogP contribution is 2.25. The van der Waals surface area contributed by atoms with E-state index < -0.39 is 5.60 Å². The van der Waals surface area contributed by atoms with Gasteiger partial charge in [-0.1, -0.05) is 12.1 Å². The Balaban J connectivity index is 1.56. The molecule has 3 heterocycles. The number of phenolic OH excluding ortho intramolecular Hbond substituents is 1. The van der Waals surface area contributed by atoms with Crippen LogP contribution in [0.4, 0.5) is 16.7 Å². The van der Waals surface area contributed by atoms with E-state index in [1.165, 1.54) is 0 Å². The number of carbonyl (C=O) groups excluding carboxylic acids is 1. The molecule has 1 aromatic carbocycles. The minimum Gasteiger partial charge on any atom is -0.508 e. The molecule has 1 N–H and O–H groups in total. The first kappa shape index (κ1) is 22.1. The van der Waals surface area contributed by atoms with Gasteiger partial charge in [0, 0.05) is 44.8 Å². The summed E-state index contributed by atoms with van der Waals surface area (Å²) in [6.07, 6.45) is -0.303. The first-order chi connectivity index (χ1) is 15.3. The lowest BCUT2D eigenvalue weighted by molar-refractivity contribution is 0.0240. The van der Waals surface area contributed by atoms with E-state index >= 15 is 0 Å². The van der Waals surface area contributed by atoms with Gasteiger partial charge >= 0.3 is 6.09 Å². The zero-order valence-corrected chi connectivity index (χ0v) is 18.8. The van der Waals surface area contributed by atoms with E-state index in [2.05, 4.69) is 14.8 Å². The van der Waals surface area contributed by atoms with Crippen LogP contribution in [-0.2, 0) is 9.47 Å². The molecule has 0 spiro atoms. The summed E-state index contributed by atoms with van der Waals surface area (Å²) in [6.45, 7) is 10.5. The molecule has 172 valence electrons. The molecule has 2 saturated heterocycles. The predicted octanol–water partition coefficient (Wildman–Crippen LogP) is 2.14. The van der Waals surface area contributed by atoms with Crippen molar-refractivity contribution in [1.29, 1.82) is 0 Å². The first-order valence-corrected chi connectivity index (χ1v) is 10.9. The molecule has 2 fully saturated rings. The highest BCUT2D eigenvalue weighted by molar-refractivity contribution is 5.68. The molecule has 32 heavy (non-hydrogen) atoms. The zero-order valence-electron chi connectivity index (χ0n) is 18.8. The molecule has 2 aliphatic heterocycles. The van der Waals surface area contributed by atoms with Crippen molar-refractivity contribution in [2.24, 2.45) is 0 Å². The lowest BCUT2D eigenvalue weighted by Crippen LogP contribution is -2.50. The number of nitrogens with zero attached hydrogens (tertiary/aromatic N) is 6. The number of rotatable bonds is 3. The normalized spacial score (nSPS) is 17.4. The third kappa shape index (κ3) is 5.37. The highest BCUT2D eigenvalue weighted by Gasteiger charge is 2.28. The number of carbonyl (C=O) groups is 1. The van der Waals surface area contributed by atoms with E-state index in [-0.39, 0.29) is 11.8 Å². The second-order valence-electron chi connectivity index (χ2n) is 8.86. The van der Waals surface area contributed by atoms with Crippen LogP contribution >= 0.6 is 0 Å². The number of anilines is 2. The lowest BCUT2D eigenvalue weighted by Gasteiger charge is -2.36. The Labute approximate surface area is 187 Å². The maximum absolute atomic E-state index is 12.4. The molecule has 0 radical (unpaired) electrons. The molecule has 0 aliphatic carbocycles. The monoisotopic (exact) mass is 442 g/mol.